The molecule has 184 valence electrons. The minimum Gasteiger partial charge on any atom is -0.465 e. The first kappa shape index (κ1) is 23.9. The van der Waals surface area contributed by atoms with E-state index in [-0.39, 0.29) is 18.0 Å². The van der Waals surface area contributed by atoms with Crippen LogP contribution in [0.3, 0.4) is 0 Å². The van der Waals surface area contributed by atoms with E-state index in [1.807, 2.05) is 11.8 Å². The van der Waals surface area contributed by atoms with Crippen molar-refractivity contribution < 1.29 is 19.0 Å². The van der Waals surface area contributed by atoms with Crippen molar-refractivity contribution in [1.29, 1.82) is 0 Å². The Morgan fingerprint density at radius 2 is 2.00 bits per heavy atom. The quantitative estimate of drug-likeness (QED) is 0.557. The fourth-order valence-corrected chi connectivity index (χ4v) is 6.49. The summed E-state index contributed by atoms with van der Waals surface area (Å²) in [7, 11) is 1.61. The van der Waals surface area contributed by atoms with E-state index in [1.54, 1.807) is 41.6 Å². The Hall–Kier alpha value is -2.82. The zero-order valence-corrected chi connectivity index (χ0v) is 20.8. The predicted octanol–water partition coefficient (Wildman–Crippen LogP) is 4.17. The monoisotopic (exact) mass is 518 g/mol. The normalized spacial score (nSPS) is 20.2. The number of ether oxygens (including phenoxy) is 1. The molecule has 1 aromatic heterocycles. The lowest BCUT2D eigenvalue weighted by Crippen LogP contribution is -2.54. The molecule has 0 aliphatic carbocycles. The molecule has 5 rings (SSSR count). The molecule has 0 unspecified atom stereocenters. The van der Waals surface area contributed by atoms with Crippen molar-refractivity contribution in [2.45, 2.75) is 30.5 Å². The van der Waals surface area contributed by atoms with E-state index in [0.29, 0.717) is 48.3 Å². The average molecular weight is 519 g/mol. The Morgan fingerprint density at radius 1 is 1.26 bits per heavy atom. The van der Waals surface area contributed by atoms with Gasteiger partial charge in [-0.1, -0.05) is 23.7 Å². The van der Waals surface area contributed by atoms with E-state index in [9.17, 15) is 19.1 Å². The van der Waals surface area contributed by atoms with Crippen LogP contribution in [0.4, 0.5) is 15.0 Å². The van der Waals surface area contributed by atoms with Gasteiger partial charge in [-0.25, -0.2) is 14.0 Å². The number of benzene rings is 2. The van der Waals surface area contributed by atoms with Gasteiger partial charge in [-0.15, -0.1) is 11.8 Å². The van der Waals surface area contributed by atoms with Crippen LogP contribution >= 0.6 is 23.4 Å². The molecular formula is C24H24ClFN4O4S. The van der Waals surface area contributed by atoms with E-state index in [2.05, 4.69) is 4.98 Å². The van der Waals surface area contributed by atoms with Gasteiger partial charge in [0.2, 0.25) is 0 Å². The van der Waals surface area contributed by atoms with Gasteiger partial charge in [-0.2, -0.15) is 4.98 Å². The standard InChI is InChI=1S/C24H24ClFN4O4S/c1-13-10-28(24(32)33)7-8-29(13)22-17-9-18(25)19(14-3-5-15(26)6-4-14)21-20(17)30(23(31)27-22)11-16(34-2)12-35-21/h3-6,9,13,16H,7-8,10-12H2,1-2H3,(H,32,33)/t13-,16+/m0/s1. The smallest absolute Gasteiger partial charge is 0.407 e. The summed E-state index contributed by atoms with van der Waals surface area (Å²) in [5.41, 5.74) is 1.78. The average Bonchev–Trinajstić information content (AvgIpc) is 3.03. The van der Waals surface area contributed by atoms with Crippen LogP contribution in [0, 0.1) is 5.82 Å². The molecule has 1 N–H and O–H groups in total. The minimum atomic E-state index is -0.966. The third-order valence-electron chi connectivity index (χ3n) is 6.59. The number of carbonyl (C=O) groups is 1. The van der Waals surface area contributed by atoms with E-state index < -0.39 is 11.8 Å². The van der Waals surface area contributed by atoms with Crippen LogP contribution in [0.25, 0.3) is 22.0 Å². The number of carboxylic acid groups (broad SMARTS) is 1. The summed E-state index contributed by atoms with van der Waals surface area (Å²) in [5.74, 6) is 0.746. The fraction of sp³-hybridized carbons (Fsp3) is 0.375. The number of aromatic nitrogens is 2. The summed E-state index contributed by atoms with van der Waals surface area (Å²) in [5, 5.41) is 10.6. The minimum absolute atomic E-state index is 0.186. The number of thioether (sulfide) groups is 1. The number of hydrogen-bond donors (Lipinski definition) is 1. The summed E-state index contributed by atoms with van der Waals surface area (Å²) >= 11 is 8.40. The molecule has 2 aliphatic rings. The molecule has 11 heteroatoms. The number of rotatable bonds is 3. The van der Waals surface area contributed by atoms with Gasteiger partial charge in [0.1, 0.15) is 11.6 Å². The number of piperazine rings is 1. The van der Waals surface area contributed by atoms with E-state index >= 15 is 0 Å². The van der Waals surface area contributed by atoms with Gasteiger partial charge in [-0.3, -0.25) is 4.57 Å². The lowest BCUT2D eigenvalue weighted by Gasteiger charge is -2.39. The highest BCUT2D eigenvalue weighted by molar-refractivity contribution is 7.99. The number of anilines is 1. The lowest BCUT2D eigenvalue weighted by atomic mass is 10.0. The molecule has 0 saturated carbocycles. The largest absolute Gasteiger partial charge is 0.465 e. The maximum absolute atomic E-state index is 13.6. The molecule has 35 heavy (non-hydrogen) atoms. The summed E-state index contributed by atoms with van der Waals surface area (Å²) in [6.45, 7) is 3.26. The topological polar surface area (TPSA) is 87.9 Å². The van der Waals surface area contributed by atoms with E-state index in [4.69, 9.17) is 16.3 Å². The Labute approximate surface area is 210 Å². The maximum Gasteiger partial charge on any atom is 0.407 e. The van der Waals surface area contributed by atoms with Crippen LogP contribution in [0.5, 0.6) is 0 Å². The van der Waals surface area contributed by atoms with Crippen LogP contribution in [0.2, 0.25) is 5.02 Å². The van der Waals surface area contributed by atoms with Crippen molar-refractivity contribution in [2.75, 3.05) is 37.4 Å². The third kappa shape index (κ3) is 4.23. The van der Waals surface area contributed by atoms with Gasteiger partial charge in [0.15, 0.2) is 0 Å². The number of halogens is 2. The Balaban J connectivity index is 1.75. The lowest BCUT2D eigenvalue weighted by molar-refractivity contribution is 0.107. The highest BCUT2D eigenvalue weighted by atomic mass is 35.5. The first-order valence-electron chi connectivity index (χ1n) is 11.2. The molecule has 8 nitrogen and oxygen atoms in total. The van der Waals surface area contributed by atoms with Gasteiger partial charge in [0.25, 0.3) is 0 Å². The number of nitrogens with zero attached hydrogens (tertiary/aromatic N) is 4. The summed E-state index contributed by atoms with van der Waals surface area (Å²) in [4.78, 5) is 33.4. The second kappa shape index (κ2) is 9.33. The molecule has 3 aromatic rings. The SMILES string of the molecule is CO[C@H]1CSc2c(-c3ccc(F)cc3)c(Cl)cc3c(N4CCN(C(=O)O)C[C@@H]4C)nc(=O)n(c23)C1. The van der Waals surface area contributed by atoms with Gasteiger partial charge >= 0.3 is 11.8 Å². The molecule has 1 fully saturated rings. The van der Waals surface area contributed by atoms with Crippen LogP contribution in [0.15, 0.2) is 40.0 Å². The zero-order chi connectivity index (χ0) is 24.9. The molecule has 3 heterocycles. The van der Waals surface area contributed by atoms with Crippen molar-refractivity contribution in [3.8, 4) is 11.1 Å². The van der Waals surface area contributed by atoms with Crippen LogP contribution in [0.1, 0.15) is 6.92 Å². The van der Waals surface area contributed by atoms with Gasteiger partial charge in [0, 0.05) is 54.4 Å². The van der Waals surface area contributed by atoms with E-state index in [1.165, 1.54) is 17.0 Å². The first-order chi connectivity index (χ1) is 16.8. The van der Waals surface area contributed by atoms with Crippen LogP contribution in [-0.2, 0) is 11.3 Å². The van der Waals surface area contributed by atoms with Crippen molar-refractivity contribution in [3.05, 3.63) is 51.7 Å². The van der Waals surface area contributed by atoms with Crippen molar-refractivity contribution in [2.24, 2.45) is 0 Å². The summed E-state index contributed by atoms with van der Waals surface area (Å²) in [6.07, 6.45) is -1.18. The zero-order valence-electron chi connectivity index (χ0n) is 19.2. The second-order valence-corrected chi connectivity index (χ2v) is 10.2. The van der Waals surface area contributed by atoms with Gasteiger partial charge in [0.05, 0.1) is 23.2 Å². The van der Waals surface area contributed by atoms with Crippen molar-refractivity contribution >= 4 is 46.2 Å². The Morgan fingerprint density at radius 3 is 2.66 bits per heavy atom. The highest BCUT2D eigenvalue weighted by Crippen LogP contribution is 2.45. The second-order valence-electron chi connectivity index (χ2n) is 8.73. The molecule has 1 amide bonds. The highest BCUT2D eigenvalue weighted by Gasteiger charge is 2.32. The van der Waals surface area contributed by atoms with E-state index in [0.717, 1.165) is 21.4 Å². The Bertz CT molecular complexity index is 1370. The molecule has 2 atom stereocenters. The van der Waals surface area contributed by atoms with Crippen LogP contribution in [-0.4, -0.2) is 70.3 Å². The molecule has 2 aliphatic heterocycles. The van der Waals surface area contributed by atoms with Crippen molar-refractivity contribution in [3.63, 3.8) is 0 Å². The maximum atomic E-state index is 13.6. The molecule has 0 bridgehead atoms. The Kier molecular flexibility index (Phi) is 6.37. The van der Waals surface area contributed by atoms with Crippen molar-refractivity contribution in [1.82, 2.24) is 14.5 Å². The molecule has 2 aromatic carbocycles. The van der Waals surface area contributed by atoms with Gasteiger partial charge in [-0.05, 0) is 30.7 Å². The molecule has 0 radical (unpaired) electrons. The number of methoxy groups -OCH3 is 1. The molecule has 1 saturated heterocycles. The van der Waals surface area contributed by atoms with Crippen LogP contribution < -0.4 is 10.6 Å². The predicted molar refractivity (Wildman–Crippen MR) is 134 cm³/mol. The molecular weight excluding hydrogens is 495 g/mol. The fourth-order valence-electron chi connectivity index (χ4n) is 4.80. The molecule has 0 spiro atoms. The number of amides is 1. The number of hydrogen-bond acceptors (Lipinski definition) is 6. The third-order valence-corrected chi connectivity index (χ3v) is 8.11. The summed E-state index contributed by atoms with van der Waals surface area (Å²) < 4.78 is 20.9. The van der Waals surface area contributed by atoms with Gasteiger partial charge < -0.3 is 19.6 Å². The first-order valence-corrected chi connectivity index (χ1v) is 12.6. The summed E-state index contributed by atoms with van der Waals surface area (Å²) in [6, 6.07) is 7.74.